The molecular formula is C13H13AlN2. The summed E-state index contributed by atoms with van der Waals surface area (Å²) in [6, 6.07) is 20.4. The highest BCUT2D eigenvalue weighted by atomic mass is 27.1. The van der Waals surface area contributed by atoms with Crippen molar-refractivity contribution in [2.75, 3.05) is 0 Å². The maximum Gasteiger partial charge on any atom is 0.384 e. The standard InChI is InChI=1S/C13H11N2.Al.2H/c14-15-13(11-7-3-1-4-8-11)12-9-5-2-6-10-12;;;/h1-10,14H;;;/q-1;+1;;. The molecule has 16 heavy (non-hydrogen) atoms. The minimum atomic E-state index is 0.852. The third-order valence-electron chi connectivity index (χ3n) is 2.32. The molecule has 0 heterocycles. The van der Waals surface area contributed by atoms with Crippen molar-refractivity contribution in [3.05, 3.63) is 71.8 Å². The Morgan fingerprint density at radius 3 is 1.62 bits per heavy atom. The molecule has 0 amide bonds. The Kier molecular flexibility index (Phi) is 3.77. The molecule has 0 aromatic heterocycles. The summed E-state index contributed by atoms with van der Waals surface area (Å²) in [6.07, 6.45) is 0. The van der Waals surface area contributed by atoms with Crippen LogP contribution in [0.25, 0.3) is 0 Å². The number of nitrogens with one attached hydrogen (secondary N) is 1. The lowest BCUT2D eigenvalue weighted by Crippen LogP contribution is -2.09. The summed E-state index contributed by atoms with van der Waals surface area (Å²) in [5.41, 5.74) is 3.27. The molecule has 3 heteroatoms. The highest BCUT2D eigenvalue weighted by molar-refractivity contribution is 6.14. The van der Waals surface area contributed by atoms with Crippen LogP contribution in [0.2, 0.25) is 0 Å². The molecule has 0 aliphatic heterocycles. The third-order valence-corrected chi connectivity index (χ3v) is 2.54. The van der Waals surface area contributed by atoms with Gasteiger partial charge in [0.1, 0.15) is 0 Å². The molecule has 0 fully saturated rings. The van der Waals surface area contributed by atoms with Gasteiger partial charge in [0.15, 0.2) is 0 Å². The minimum absolute atomic E-state index is 0.852. The van der Waals surface area contributed by atoms with Gasteiger partial charge in [-0.15, -0.1) is 0 Å². The molecule has 1 N–H and O–H groups in total. The van der Waals surface area contributed by atoms with E-state index in [1.165, 1.54) is 0 Å². The van der Waals surface area contributed by atoms with Crippen LogP contribution in [-0.4, -0.2) is 22.2 Å². The number of nitrogens with zero attached hydrogens (tertiary/aromatic N) is 1. The van der Waals surface area contributed by atoms with Gasteiger partial charge in [-0.3, -0.25) is 0 Å². The first kappa shape index (κ1) is 10.9. The Hall–Kier alpha value is -1.56. The number of hydrogen-bond acceptors (Lipinski definition) is 2. The van der Waals surface area contributed by atoms with Crippen molar-refractivity contribution < 1.29 is 0 Å². The van der Waals surface area contributed by atoms with Gasteiger partial charge in [0.25, 0.3) is 0 Å². The Morgan fingerprint density at radius 1 is 0.812 bits per heavy atom. The molecule has 78 valence electrons. The van der Waals surface area contributed by atoms with Crippen LogP contribution in [0.1, 0.15) is 11.1 Å². The smallest absolute Gasteiger partial charge is 0.384 e. The van der Waals surface area contributed by atoms with E-state index in [0.29, 0.717) is 0 Å². The lowest BCUT2D eigenvalue weighted by atomic mass is 10.0. The van der Waals surface area contributed by atoms with E-state index in [0.717, 1.165) is 33.3 Å². The third kappa shape index (κ3) is 2.52. The molecule has 2 nitrogen and oxygen atoms in total. The van der Waals surface area contributed by atoms with Crippen LogP contribution in [0.15, 0.2) is 65.8 Å². The van der Waals surface area contributed by atoms with Gasteiger partial charge in [-0.2, -0.15) is 0 Å². The lowest BCUT2D eigenvalue weighted by Gasteiger charge is -2.06. The number of hydrogen-bond donors (Lipinski definition) is 1. The highest BCUT2D eigenvalue weighted by Gasteiger charge is 2.04. The molecule has 0 radical (unpaired) electrons. The molecular weight excluding hydrogens is 211 g/mol. The Morgan fingerprint density at radius 2 is 1.25 bits per heavy atom. The molecule has 0 aliphatic rings. The van der Waals surface area contributed by atoms with E-state index >= 15 is 0 Å². The van der Waals surface area contributed by atoms with E-state index in [1.807, 2.05) is 36.4 Å². The fraction of sp³-hybridized carbons (Fsp3) is 0. The van der Waals surface area contributed by atoms with Crippen LogP contribution in [0.5, 0.6) is 0 Å². The molecule has 2 rings (SSSR count). The lowest BCUT2D eigenvalue weighted by molar-refractivity contribution is 1.09. The predicted molar refractivity (Wildman–Crippen MR) is 70.2 cm³/mol. The fourth-order valence-corrected chi connectivity index (χ4v) is 1.82. The maximum atomic E-state index is 4.39. The first-order valence-electron chi connectivity index (χ1n) is 5.27. The summed E-state index contributed by atoms with van der Waals surface area (Å²) in [4.78, 5) is 0. The molecule has 0 saturated heterocycles. The van der Waals surface area contributed by atoms with E-state index in [9.17, 15) is 0 Å². The van der Waals surface area contributed by atoms with Crippen molar-refractivity contribution in [2.24, 2.45) is 5.10 Å². The molecule has 0 spiro atoms. The van der Waals surface area contributed by atoms with Crippen molar-refractivity contribution in [2.45, 2.75) is 0 Å². The van der Waals surface area contributed by atoms with Crippen molar-refractivity contribution >= 4 is 22.2 Å². The molecule has 0 atom stereocenters. The Bertz CT molecular complexity index is 424. The predicted octanol–water partition coefficient (Wildman–Crippen LogP) is 1.58. The van der Waals surface area contributed by atoms with Crippen LogP contribution in [0, 0.1) is 0 Å². The monoisotopic (exact) mass is 224 g/mol. The van der Waals surface area contributed by atoms with E-state index in [4.69, 9.17) is 0 Å². The zero-order valence-corrected chi connectivity index (χ0v) is 11.2. The van der Waals surface area contributed by atoms with Gasteiger partial charge < -0.3 is 4.41 Å². The molecule has 0 saturated carbocycles. The zero-order chi connectivity index (χ0) is 11.2. The van der Waals surface area contributed by atoms with Crippen LogP contribution >= 0.6 is 0 Å². The van der Waals surface area contributed by atoms with Crippen molar-refractivity contribution in [1.82, 2.24) is 4.41 Å². The van der Waals surface area contributed by atoms with Gasteiger partial charge in [-0.1, -0.05) is 60.7 Å². The summed E-state index contributed by atoms with van der Waals surface area (Å²) in [5.74, 6) is 0. The average Bonchev–Trinajstić information content (AvgIpc) is 2.38. The van der Waals surface area contributed by atoms with Gasteiger partial charge in [-0.05, 0) is 0 Å². The van der Waals surface area contributed by atoms with Crippen LogP contribution in [0.4, 0.5) is 0 Å². The van der Waals surface area contributed by atoms with E-state index in [-0.39, 0.29) is 0 Å². The molecule has 2 aromatic rings. The summed E-state index contributed by atoms with van der Waals surface area (Å²) in [7, 11) is 0. The number of hydrazone groups is 1. The van der Waals surface area contributed by atoms with Crippen LogP contribution < -0.4 is 4.41 Å². The second kappa shape index (κ2) is 5.51. The maximum absolute atomic E-state index is 4.39. The SMILES string of the molecule is [AlH2][NH]N=C(c1ccccc1)c1ccccc1. The topological polar surface area (TPSA) is 24.4 Å². The van der Waals surface area contributed by atoms with Crippen molar-refractivity contribution in [3.8, 4) is 0 Å². The second-order valence-corrected chi connectivity index (χ2v) is 3.86. The number of benzene rings is 2. The van der Waals surface area contributed by atoms with Gasteiger partial charge in [0.2, 0.25) is 0 Å². The average molecular weight is 224 g/mol. The van der Waals surface area contributed by atoms with Crippen LogP contribution in [0.3, 0.4) is 0 Å². The van der Waals surface area contributed by atoms with Gasteiger partial charge in [0, 0.05) is 11.1 Å². The van der Waals surface area contributed by atoms with Crippen LogP contribution in [-0.2, 0) is 0 Å². The minimum Gasteiger partial charge on any atom is -0.405 e. The largest absolute Gasteiger partial charge is 0.405 e. The second-order valence-electron chi connectivity index (χ2n) is 3.42. The first-order valence-corrected chi connectivity index (χ1v) is 6.27. The first-order chi connectivity index (χ1) is 7.92. The summed E-state index contributed by atoms with van der Waals surface area (Å²) >= 11 is 0.852. The summed E-state index contributed by atoms with van der Waals surface area (Å²) in [5, 5.41) is 4.39. The molecule has 0 unspecified atom stereocenters. The Balaban J connectivity index is 2.44. The fourth-order valence-electron chi connectivity index (χ4n) is 1.60. The summed E-state index contributed by atoms with van der Waals surface area (Å²) in [6.45, 7) is 0. The zero-order valence-electron chi connectivity index (χ0n) is 9.22. The Labute approximate surface area is 104 Å². The van der Waals surface area contributed by atoms with E-state index in [2.05, 4.69) is 33.8 Å². The molecule has 0 bridgehead atoms. The van der Waals surface area contributed by atoms with Gasteiger partial charge in [-0.25, -0.2) is 5.10 Å². The van der Waals surface area contributed by atoms with Gasteiger partial charge in [0.05, 0.1) is 5.71 Å². The number of rotatable bonds is 3. The molecule has 0 aliphatic carbocycles. The highest BCUT2D eigenvalue weighted by Crippen LogP contribution is 2.09. The van der Waals surface area contributed by atoms with Crippen molar-refractivity contribution in [1.29, 1.82) is 0 Å². The quantitative estimate of drug-likeness (QED) is 0.478. The summed E-state index contributed by atoms with van der Waals surface area (Å²) < 4.78 is 2.99. The van der Waals surface area contributed by atoms with E-state index in [1.54, 1.807) is 0 Å². The van der Waals surface area contributed by atoms with E-state index < -0.39 is 0 Å². The van der Waals surface area contributed by atoms with Crippen molar-refractivity contribution in [3.63, 3.8) is 0 Å². The molecule has 2 aromatic carbocycles. The van der Waals surface area contributed by atoms with Gasteiger partial charge >= 0.3 is 16.5 Å². The normalized spacial score (nSPS) is 9.50.